The van der Waals surface area contributed by atoms with Crippen LogP contribution in [0, 0.1) is 5.82 Å². The predicted octanol–water partition coefficient (Wildman–Crippen LogP) is 1.06. The first-order chi connectivity index (χ1) is 8.91. The maximum Gasteiger partial charge on any atom is 0.239 e. The first-order valence-electron chi connectivity index (χ1n) is 6.34. The van der Waals surface area contributed by atoms with Gasteiger partial charge in [-0.05, 0) is 27.1 Å². The fourth-order valence-corrected chi connectivity index (χ4v) is 1.71. The van der Waals surface area contributed by atoms with Gasteiger partial charge in [-0.3, -0.25) is 4.79 Å². The Balaban J connectivity index is 2.79. The summed E-state index contributed by atoms with van der Waals surface area (Å²) < 4.78 is 13.6. The van der Waals surface area contributed by atoms with E-state index >= 15 is 0 Å². The van der Waals surface area contributed by atoms with Gasteiger partial charge in [-0.15, -0.1) is 0 Å². The highest BCUT2D eigenvalue weighted by molar-refractivity contribution is 5.81. The van der Waals surface area contributed by atoms with Crippen molar-refractivity contribution in [3.8, 4) is 0 Å². The number of nitrogens with two attached hydrogens (primary N) is 1. The second-order valence-corrected chi connectivity index (χ2v) is 4.94. The molecule has 1 rings (SSSR count). The van der Waals surface area contributed by atoms with Crippen molar-refractivity contribution in [3.05, 3.63) is 35.6 Å². The first-order valence-corrected chi connectivity index (χ1v) is 6.34. The third kappa shape index (κ3) is 4.96. The summed E-state index contributed by atoms with van der Waals surface area (Å²) in [6.45, 7) is 3.14. The van der Waals surface area contributed by atoms with Gasteiger partial charge in [0.1, 0.15) is 5.82 Å². The second kappa shape index (κ2) is 7.21. The topological polar surface area (TPSA) is 49.6 Å². The molecule has 5 heteroatoms. The molecule has 0 radical (unpaired) electrons. The summed E-state index contributed by atoms with van der Waals surface area (Å²) in [6.07, 6.45) is 0. The molecular weight excluding hydrogens is 245 g/mol. The van der Waals surface area contributed by atoms with Gasteiger partial charge in [0.15, 0.2) is 0 Å². The van der Waals surface area contributed by atoms with Crippen molar-refractivity contribution in [2.45, 2.75) is 19.5 Å². The van der Waals surface area contributed by atoms with Crippen molar-refractivity contribution in [3.63, 3.8) is 0 Å². The molecule has 0 heterocycles. The number of rotatable bonds is 6. The van der Waals surface area contributed by atoms with E-state index in [0.29, 0.717) is 18.7 Å². The molecule has 0 aliphatic carbocycles. The fraction of sp³-hybridized carbons (Fsp3) is 0.500. The summed E-state index contributed by atoms with van der Waals surface area (Å²) in [5.41, 5.74) is 6.15. The zero-order chi connectivity index (χ0) is 14.4. The Morgan fingerprint density at radius 1 is 1.32 bits per heavy atom. The number of halogens is 1. The number of amides is 1. The minimum Gasteiger partial charge on any atom is -0.336 e. The molecule has 1 unspecified atom stereocenters. The van der Waals surface area contributed by atoms with Gasteiger partial charge >= 0.3 is 0 Å². The van der Waals surface area contributed by atoms with Crippen LogP contribution in [0.2, 0.25) is 0 Å². The van der Waals surface area contributed by atoms with Gasteiger partial charge in [0.05, 0.1) is 6.04 Å². The van der Waals surface area contributed by atoms with Crippen LogP contribution in [-0.2, 0) is 11.3 Å². The van der Waals surface area contributed by atoms with Gasteiger partial charge in [-0.1, -0.05) is 18.2 Å². The van der Waals surface area contributed by atoms with Crippen LogP contribution in [0.15, 0.2) is 24.3 Å². The third-order valence-electron chi connectivity index (χ3n) is 2.84. The van der Waals surface area contributed by atoms with Gasteiger partial charge in [0, 0.05) is 25.2 Å². The number of nitrogens with zero attached hydrogens (tertiary/aromatic N) is 2. The highest BCUT2D eigenvalue weighted by Crippen LogP contribution is 2.10. The molecule has 0 saturated heterocycles. The van der Waals surface area contributed by atoms with Crippen molar-refractivity contribution >= 4 is 5.91 Å². The summed E-state index contributed by atoms with van der Waals surface area (Å²) >= 11 is 0. The SMILES string of the molecule is CC(N)C(=O)N(CCN(C)C)Cc1ccccc1F. The lowest BCUT2D eigenvalue weighted by molar-refractivity contribution is -0.133. The van der Waals surface area contributed by atoms with Crippen LogP contribution in [0.5, 0.6) is 0 Å². The number of hydrogen-bond donors (Lipinski definition) is 1. The standard InChI is InChI=1S/C14H22FN3O/c1-11(16)14(19)18(9-8-17(2)3)10-12-6-4-5-7-13(12)15/h4-7,11H,8-10,16H2,1-3H3. The smallest absolute Gasteiger partial charge is 0.239 e. The van der Waals surface area contributed by atoms with Crippen LogP contribution in [0.25, 0.3) is 0 Å². The third-order valence-corrected chi connectivity index (χ3v) is 2.84. The average Bonchev–Trinajstić information content (AvgIpc) is 2.35. The maximum absolute atomic E-state index is 13.6. The highest BCUT2D eigenvalue weighted by atomic mass is 19.1. The molecule has 0 aliphatic heterocycles. The molecule has 19 heavy (non-hydrogen) atoms. The van der Waals surface area contributed by atoms with E-state index in [0.717, 1.165) is 0 Å². The molecule has 2 N–H and O–H groups in total. The lowest BCUT2D eigenvalue weighted by Crippen LogP contribution is -2.44. The van der Waals surface area contributed by atoms with Crippen LogP contribution >= 0.6 is 0 Å². The number of benzene rings is 1. The van der Waals surface area contributed by atoms with Gasteiger partial charge in [-0.2, -0.15) is 0 Å². The summed E-state index contributed by atoms with van der Waals surface area (Å²) in [6, 6.07) is 5.91. The van der Waals surface area contributed by atoms with E-state index in [9.17, 15) is 9.18 Å². The molecule has 1 atom stereocenters. The van der Waals surface area contributed by atoms with Crippen LogP contribution in [0.1, 0.15) is 12.5 Å². The maximum atomic E-state index is 13.6. The first kappa shape index (κ1) is 15.6. The van der Waals surface area contributed by atoms with Gasteiger partial charge in [0.25, 0.3) is 0 Å². The lowest BCUT2D eigenvalue weighted by Gasteiger charge is -2.26. The van der Waals surface area contributed by atoms with Crippen molar-refractivity contribution in [2.24, 2.45) is 5.73 Å². The molecule has 0 spiro atoms. The van der Waals surface area contributed by atoms with E-state index in [1.165, 1.54) is 6.07 Å². The van der Waals surface area contributed by atoms with E-state index in [1.807, 2.05) is 19.0 Å². The Kier molecular flexibility index (Phi) is 5.92. The van der Waals surface area contributed by atoms with Crippen LogP contribution in [0.3, 0.4) is 0 Å². The quantitative estimate of drug-likeness (QED) is 0.838. The van der Waals surface area contributed by atoms with Gasteiger partial charge in [-0.25, -0.2) is 4.39 Å². The summed E-state index contributed by atoms with van der Waals surface area (Å²) in [5, 5.41) is 0. The van der Waals surface area contributed by atoms with Crippen LogP contribution in [0.4, 0.5) is 4.39 Å². The number of hydrogen-bond acceptors (Lipinski definition) is 3. The molecule has 1 aromatic carbocycles. The van der Waals surface area contributed by atoms with E-state index < -0.39 is 6.04 Å². The molecule has 0 saturated carbocycles. The normalized spacial score (nSPS) is 12.5. The molecule has 1 aromatic rings. The van der Waals surface area contributed by atoms with E-state index in [1.54, 1.807) is 30.0 Å². The molecule has 0 fully saturated rings. The van der Waals surface area contributed by atoms with Gasteiger partial charge < -0.3 is 15.5 Å². The zero-order valence-corrected chi connectivity index (χ0v) is 11.8. The van der Waals surface area contributed by atoms with E-state index in [-0.39, 0.29) is 18.3 Å². The average molecular weight is 267 g/mol. The highest BCUT2D eigenvalue weighted by Gasteiger charge is 2.18. The predicted molar refractivity (Wildman–Crippen MR) is 74.0 cm³/mol. The minimum atomic E-state index is -0.575. The van der Waals surface area contributed by atoms with Gasteiger partial charge in [0.2, 0.25) is 5.91 Å². The summed E-state index contributed by atoms with van der Waals surface area (Å²) in [7, 11) is 3.86. The Morgan fingerprint density at radius 3 is 2.47 bits per heavy atom. The number of carbonyl (C=O) groups excluding carboxylic acids is 1. The molecule has 106 valence electrons. The van der Waals surface area contributed by atoms with Crippen molar-refractivity contribution in [2.75, 3.05) is 27.2 Å². The fourth-order valence-electron chi connectivity index (χ4n) is 1.71. The minimum absolute atomic E-state index is 0.162. The molecular formula is C14H22FN3O. The van der Waals surface area contributed by atoms with Crippen LogP contribution < -0.4 is 5.73 Å². The molecule has 0 bridgehead atoms. The van der Waals surface area contributed by atoms with Crippen molar-refractivity contribution in [1.82, 2.24) is 9.80 Å². The molecule has 1 amide bonds. The molecule has 0 aliphatic rings. The van der Waals surface area contributed by atoms with Crippen molar-refractivity contribution < 1.29 is 9.18 Å². The lowest BCUT2D eigenvalue weighted by atomic mass is 10.2. The Labute approximate surface area is 114 Å². The monoisotopic (exact) mass is 267 g/mol. The zero-order valence-electron chi connectivity index (χ0n) is 11.8. The molecule has 4 nitrogen and oxygen atoms in total. The number of likely N-dealkylation sites (N-methyl/N-ethyl adjacent to an activating group) is 1. The summed E-state index contributed by atoms with van der Waals surface area (Å²) in [5.74, 6) is -0.458. The second-order valence-electron chi connectivity index (χ2n) is 4.94. The molecule has 0 aromatic heterocycles. The Morgan fingerprint density at radius 2 is 1.95 bits per heavy atom. The number of carbonyl (C=O) groups is 1. The largest absolute Gasteiger partial charge is 0.336 e. The Bertz CT molecular complexity index is 421. The van der Waals surface area contributed by atoms with Crippen LogP contribution in [-0.4, -0.2) is 48.9 Å². The van der Waals surface area contributed by atoms with Crippen molar-refractivity contribution in [1.29, 1.82) is 0 Å². The Hall–Kier alpha value is -1.46. The van der Waals surface area contributed by atoms with E-state index in [2.05, 4.69) is 0 Å². The summed E-state index contributed by atoms with van der Waals surface area (Å²) in [4.78, 5) is 15.6. The van der Waals surface area contributed by atoms with E-state index in [4.69, 9.17) is 5.73 Å².